The lowest BCUT2D eigenvalue weighted by Gasteiger charge is -2.18. The van der Waals surface area contributed by atoms with Gasteiger partial charge in [-0.05, 0) is 53.2 Å². The summed E-state index contributed by atoms with van der Waals surface area (Å²) >= 11 is 6.96. The van der Waals surface area contributed by atoms with E-state index in [4.69, 9.17) is 4.74 Å². The molecule has 3 nitrogen and oxygen atoms in total. The minimum atomic E-state index is -0.0356. The molecule has 0 saturated carbocycles. The van der Waals surface area contributed by atoms with Gasteiger partial charge in [-0.3, -0.25) is 0 Å². The molecule has 0 aliphatic rings. The summed E-state index contributed by atoms with van der Waals surface area (Å²) in [5.41, 5.74) is 1.78. The van der Waals surface area contributed by atoms with Gasteiger partial charge in [0.15, 0.2) is 0 Å². The quantitative estimate of drug-likeness (QED) is 0.750. The molecule has 0 heterocycles. The number of methoxy groups -OCH3 is 1. The summed E-state index contributed by atoms with van der Waals surface area (Å²) in [6, 6.07) is 11.2. The Kier molecular flexibility index (Phi) is 4.94. The highest BCUT2D eigenvalue weighted by molar-refractivity contribution is 9.11. The second-order valence-corrected chi connectivity index (χ2v) is 6.18. The van der Waals surface area contributed by atoms with Gasteiger partial charge >= 0.3 is 0 Å². The first-order valence-corrected chi connectivity index (χ1v) is 7.68. The molecule has 0 aliphatic carbocycles. The average Bonchev–Trinajstić information content (AvgIpc) is 2.42. The highest BCUT2D eigenvalue weighted by Crippen LogP contribution is 2.33. The minimum absolute atomic E-state index is 0.0356. The smallest absolute Gasteiger partial charge is 0.124 e. The van der Waals surface area contributed by atoms with Crippen LogP contribution in [0.1, 0.15) is 18.5 Å². The van der Waals surface area contributed by atoms with Gasteiger partial charge in [0.25, 0.3) is 0 Å². The second kappa shape index (κ2) is 6.50. The Morgan fingerprint density at radius 2 is 1.90 bits per heavy atom. The fourth-order valence-electron chi connectivity index (χ4n) is 1.94. The van der Waals surface area contributed by atoms with Gasteiger partial charge in [-0.15, -0.1) is 0 Å². The number of hydrogen-bond acceptors (Lipinski definition) is 3. The van der Waals surface area contributed by atoms with E-state index in [0.717, 1.165) is 20.2 Å². The molecule has 2 aromatic carbocycles. The van der Waals surface area contributed by atoms with Crippen molar-refractivity contribution in [3.63, 3.8) is 0 Å². The molecule has 0 spiro atoms. The molecule has 5 heteroatoms. The fraction of sp³-hybridized carbons (Fsp3) is 0.200. The normalized spacial score (nSPS) is 12.0. The van der Waals surface area contributed by atoms with E-state index in [1.54, 1.807) is 13.2 Å². The number of rotatable bonds is 4. The Morgan fingerprint density at radius 3 is 2.55 bits per heavy atom. The Labute approximate surface area is 135 Å². The highest BCUT2D eigenvalue weighted by atomic mass is 79.9. The van der Waals surface area contributed by atoms with Crippen LogP contribution in [0.15, 0.2) is 45.3 Å². The van der Waals surface area contributed by atoms with E-state index in [1.807, 2.05) is 37.3 Å². The number of benzene rings is 2. The van der Waals surface area contributed by atoms with Crippen LogP contribution < -0.4 is 10.1 Å². The lowest BCUT2D eigenvalue weighted by molar-refractivity contribution is 0.406. The minimum Gasteiger partial charge on any atom is -0.507 e. The fourth-order valence-corrected chi connectivity index (χ4v) is 2.66. The maximum Gasteiger partial charge on any atom is 0.124 e. The first kappa shape index (κ1) is 15.2. The summed E-state index contributed by atoms with van der Waals surface area (Å²) in [6.45, 7) is 1.99. The molecule has 0 aliphatic heterocycles. The number of halogens is 2. The molecule has 0 fully saturated rings. The monoisotopic (exact) mass is 399 g/mol. The lowest BCUT2D eigenvalue weighted by atomic mass is 10.1. The molecule has 106 valence electrons. The standard InChI is InChI=1S/C15H15Br2NO2/c1-9(12-5-4-11(20-2)8-15(12)19)18-14-7-10(16)3-6-13(14)17/h3-9,18-19H,1-2H3. The van der Waals surface area contributed by atoms with Crippen LogP contribution in [-0.2, 0) is 0 Å². The van der Waals surface area contributed by atoms with E-state index in [-0.39, 0.29) is 11.8 Å². The Bertz CT molecular complexity index is 617. The Hall–Kier alpha value is -1.20. The van der Waals surface area contributed by atoms with Crippen LogP contribution in [-0.4, -0.2) is 12.2 Å². The predicted octanol–water partition coefficient (Wildman–Crippen LogP) is 5.10. The SMILES string of the molecule is COc1ccc(C(C)Nc2cc(Br)ccc2Br)c(O)c1. The van der Waals surface area contributed by atoms with Crippen LogP contribution in [0.5, 0.6) is 11.5 Å². The molecular weight excluding hydrogens is 386 g/mol. The Balaban J connectivity index is 2.23. The molecule has 2 N–H and O–H groups in total. The molecule has 1 unspecified atom stereocenters. The zero-order valence-electron chi connectivity index (χ0n) is 11.2. The second-order valence-electron chi connectivity index (χ2n) is 4.41. The van der Waals surface area contributed by atoms with Gasteiger partial charge in [0.1, 0.15) is 11.5 Å². The van der Waals surface area contributed by atoms with Gasteiger partial charge in [0, 0.05) is 20.6 Å². The van der Waals surface area contributed by atoms with Gasteiger partial charge in [-0.1, -0.05) is 15.9 Å². The molecule has 1 atom stereocenters. The zero-order chi connectivity index (χ0) is 14.7. The van der Waals surface area contributed by atoms with Crippen LogP contribution >= 0.6 is 31.9 Å². The number of nitrogens with one attached hydrogen (secondary N) is 1. The average molecular weight is 401 g/mol. The molecule has 20 heavy (non-hydrogen) atoms. The van der Waals surface area contributed by atoms with Crippen molar-refractivity contribution in [1.29, 1.82) is 0 Å². The molecule has 0 bridgehead atoms. The first-order chi connectivity index (χ1) is 9.51. The number of hydrogen-bond donors (Lipinski definition) is 2. The van der Waals surface area contributed by atoms with Crippen molar-refractivity contribution in [3.05, 3.63) is 50.9 Å². The molecular formula is C15H15Br2NO2. The summed E-state index contributed by atoms with van der Waals surface area (Å²) in [7, 11) is 1.58. The van der Waals surface area contributed by atoms with Gasteiger partial charge < -0.3 is 15.2 Å². The van der Waals surface area contributed by atoms with Crippen molar-refractivity contribution in [2.75, 3.05) is 12.4 Å². The number of aromatic hydroxyl groups is 1. The summed E-state index contributed by atoms with van der Waals surface area (Å²) in [5.74, 6) is 0.859. The maximum absolute atomic E-state index is 10.1. The third-order valence-corrected chi connectivity index (χ3v) is 4.19. The van der Waals surface area contributed by atoms with Crippen molar-refractivity contribution >= 4 is 37.5 Å². The number of phenols is 1. The highest BCUT2D eigenvalue weighted by Gasteiger charge is 2.12. The van der Waals surface area contributed by atoms with Crippen LogP contribution in [0.2, 0.25) is 0 Å². The number of ether oxygens (including phenoxy) is 1. The van der Waals surface area contributed by atoms with Crippen molar-refractivity contribution < 1.29 is 9.84 Å². The topological polar surface area (TPSA) is 41.5 Å². The molecule has 0 amide bonds. The van der Waals surface area contributed by atoms with Gasteiger partial charge in [0.2, 0.25) is 0 Å². The molecule has 0 saturated heterocycles. The van der Waals surface area contributed by atoms with Gasteiger partial charge in [-0.2, -0.15) is 0 Å². The summed E-state index contributed by atoms with van der Waals surface area (Å²) in [4.78, 5) is 0. The number of anilines is 1. The third kappa shape index (κ3) is 3.46. The molecule has 2 aromatic rings. The van der Waals surface area contributed by atoms with E-state index in [0.29, 0.717) is 5.75 Å². The van der Waals surface area contributed by atoms with Crippen molar-refractivity contribution in [1.82, 2.24) is 0 Å². The Morgan fingerprint density at radius 1 is 1.15 bits per heavy atom. The molecule has 2 rings (SSSR count). The largest absolute Gasteiger partial charge is 0.507 e. The van der Waals surface area contributed by atoms with Crippen LogP contribution in [0.4, 0.5) is 5.69 Å². The van der Waals surface area contributed by atoms with E-state index in [1.165, 1.54) is 0 Å². The predicted molar refractivity (Wildman–Crippen MR) is 88.5 cm³/mol. The third-order valence-electron chi connectivity index (χ3n) is 3.00. The van der Waals surface area contributed by atoms with Gasteiger partial charge in [0.05, 0.1) is 18.8 Å². The van der Waals surface area contributed by atoms with Crippen LogP contribution in [0, 0.1) is 0 Å². The lowest BCUT2D eigenvalue weighted by Crippen LogP contribution is -2.07. The maximum atomic E-state index is 10.1. The van der Waals surface area contributed by atoms with Crippen molar-refractivity contribution in [2.24, 2.45) is 0 Å². The summed E-state index contributed by atoms with van der Waals surface area (Å²) in [5, 5.41) is 13.4. The van der Waals surface area contributed by atoms with Crippen LogP contribution in [0.3, 0.4) is 0 Å². The first-order valence-electron chi connectivity index (χ1n) is 6.09. The van der Waals surface area contributed by atoms with E-state index >= 15 is 0 Å². The summed E-state index contributed by atoms with van der Waals surface area (Å²) < 4.78 is 7.06. The molecule has 0 radical (unpaired) electrons. The van der Waals surface area contributed by atoms with Crippen molar-refractivity contribution in [3.8, 4) is 11.5 Å². The van der Waals surface area contributed by atoms with Crippen LogP contribution in [0.25, 0.3) is 0 Å². The number of phenolic OH excluding ortho intramolecular Hbond substituents is 1. The van der Waals surface area contributed by atoms with E-state index < -0.39 is 0 Å². The molecule has 0 aromatic heterocycles. The van der Waals surface area contributed by atoms with Gasteiger partial charge in [-0.25, -0.2) is 0 Å². The van der Waals surface area contributed by atoms with E-state index in [9.17, 15) is 5.11 Å². The van der Waals surface area contributed by atoms with E-state index in [2.05, 4.69) is 37.2 Å². The van der Waals surface area contributed by atoms with Crippen molar-refractivity contribution in [2.45, 2.75) is 13.0 Å². The zero-order valence-corrected chi connectivity index (χ0v) is 14.3. The summed E-state index contributed by atoms with van der Waals surface area (Å²) in [6.07, 6.45) is 0.